The molecule has 0 radical (unpaired) electrons. The Morgan fingerprint density at radius 2 is 1.85 bits per heavy atom. The van der Waals surface area contributed by atoms with E-state index in [0.717, 1.165) is 32.7 Å². The number of carbonyl (C=O) groups is 1. The average molecular weight is 188 g/mol. The maximum atomic E-state index is 10.9. The van der Waals surface area contributed by atoms with Crippen molar-refractivity contribution >= 4 is 5.91 Å². The zero-order chi connectivity index (χ0) is 10.1. The van der Waals surface area contributed by atoms with Crippen LogP contribution < -0.4 is 16.8 Å². The van der Waals surface area contributed by atoms with E-state index >= 15 is 0 Å². The number of hydrogen-bond acceptors (Lipinski definition) is 4. The Bertz CT molecular complexity index is 134. The highest BCUT2D eigenvalue weighted by Gasteiger charge is 2.13. The first-order valence-corrected chi connectivity index (χ1v) is 4.64. The summed E-state index contributed by atoms with van der Waals surface area (Å²) in [4.78, 5) is 12.7. The second kappa shape index (κ2) is 7.97. The quantitative estimate of drug-likeness (QED) is 0.460. The summed E-state index contributed by atoms with van der Waals surface area (Å²) in [5.41, 5.74) is 10.0. The van der Waals surface area contributed by atoms with Crippen molar-refractivity contribution in [2.45, 2.75) is 6.92 Å². The number of hydrogen-bond donors (Lipinski definition) is 3. The zero-order valence-corrected chi connectivity index (χ0v) is 8.25. The van der Waals surface area contributed by atoms with Gasteiger partial charge < -0.3 is 21.7 Å². The Balaban J connectivity index is 0.000000424. The van der Waals surface area contributed by atoms with E-state index in [1.54, 1.807) is 4.90 Å². The second-order valence-electron chi connectivity index (χ2n) is 2.74. The van der Waals surface area contributed by atoms with Gasteiger partial charge >= 0.3 is 0 Å². The number of amides is 1. The maximum Gasteiger partial charge on any atom is 0.236 e. The van der Waals surface area contributed by atoms with Crippen LogP contribution in [0, 0.1) is 0 Å². The molecule has 1 rings (SSSR count). The summed E-state index contributed by atoms with van der Waals surface area (Å²) in [6, 6.07) is 0. The molecule has 5 nitrogen and oxygen atoms in total. The molecule has 1 heterocycles. The van der Waals surface area contributed by atoms with Crippen molar-refractivity contribution in [2.24, 2.45) is 11.5 Å². The van der Waals surface area contributed by atoms with Gasteiger partial charge in [0.1, 0.15) is 0 Å². The summed E-state index contributed by atoms with van der Waals surface area (Å²) in [7, 11) is 0. The number of rotatable bonds is 1. The maximum absolute atomic E-state index is 10.9. The van der Waals surface area contributed by atoms with Crippen LogP contribution in [0.25, 0.3) is 0 Å². The topological polar surface area (TPSA) is 84.4 Å². The van der Waals surface area contributed by atoms with Crippen LogP contribution in [0.2, 0.25) is 0 Å². The number of carbonyl (C=O) groups excluding carboxylic acids is 1. The third-order valence-electron chi connectivity index (χ3n) is 1.64. The van der Waals surface area contributed by atoms with Gasteiger partial charge in [-0.05, 0) is 6.54 Å². The van der Waals surface area contributed by atoms with E-state index in [4.69, 9.17) is 11.5 Å². The van der Waals surface area contributed by atoms with Gasteiger partial charge in [-0.2, -0.15) is 0 Å². The lowest BCUT2D eigenvalue weighted by Gasteiger charge is -2.26. The molecule has 0 aromatic rings. The first-order chi connectivity index (χ1) is 6.26. The molecule has 1 fully saturated rings. The van der Waals surface area contributed by atoms with Gasteiger partial charge in [-0.15, -0.1) is 0 Å². The molecule has 1 amide bonds. The molecule has 1 aliphatic rings. The van der Waals surface area contributed by atoms with Crippen molar-refractivity contribution in [3.63, 3.8) is 0 Å². The molecule has 78 valence electrons. The van der Waals surface area contributed by atoms with E-state index in [-0.39, 0.29) is 12.5 Å². The van der Waals surface area contributed by atoms with Crippen molar-refractivity contribution < 1.29 is 4.79 Å². The molecule has 5 heteroatoms. The highest BCUT2D eigenvalue weighted by Crippen LogP contribution is 1.90. The van der Waals surface area contributed by atoms with Crippen LogP contribution in [0.15, 0.2) is 0 Å². The van der Waals surface area contributed by atoms with Crippen LogP contribution in [0.1, 0.15) is 6.92 Å². The van der Waals surface area contributed by atoms with Crippen LogP contribution in [0.4, 0.5) is 0 Å². The Kier molecular flexibility index (Phi) is 7.57. The normalized spacial score (nSPS) is 16.1. The fourth-order valence-corrected chi connectivity index (χ4v) is 1.04. The molecule has 0 saturated carbocycles. The van der Waals surface area contributed by atoms with E-state index in [0.29, 0.717) is 0 Å². The van der Waals surface area contributed by atoms with Gasteiger partial charge in [0.15, 0.2) is 0 Å². The summed E-state index contributed by atoms with van der Waals surface area (Å²) >= 11 is 0. The summed E-state index contributed by atoms with van der Waals surface area (Å²) in [6.07, 6.45) is 0. The van der Waals surface area contributed by atoms with Gasteiger partial charge in [0.25, 0.3) is 0 Å². The van der Waals surface area contributed by atoms with Gasteiger partial charge in [0, 0.05) is 26.2 Å². The lowest BCUT2D eigenvalue weighted by atomic mass is 10.3. The molecule has 0 aromatic heterocycles. The van der Waals surface area contributed by atoms with Gasteiger partial charge in [-0.25, -0.2) is 0 Å². The standard InChI is InChI=1S/C6H13N3O.C2H7N/c7-5-6(10)9-3-1-8-2-4-9;1-2-3/h8H,1-5,7H2;2-3H2,1H3. The molecule has 0 aliphatic carbocycles. The number of nitrogens with two attached hydrogens (primary N) is 2. The number of nitrogens with zero attached hydrogens (tertiary/aromatic N) is 1. The van der Waals surface area contributed by atoms with Gasteiger partial charge in [-0.3, -0.25) is 4.79 Å². The largest absolute Gasteiger partial charge is 0.339 e. The van der Waals surface area contributed by atoms with E-state index in [2.05, 4.69) is 5.32 Å². The Morgan fingerprint density at radius 1 is 1.38 bits per heavy atom. The lowest BCUT2D eigenvalue weighted by Crippen LogP contribution is -2.48. The predicted molar refractivity (Wildman–Crippen MR) is 53.2 cm³/mol. The molecule has 0 bridgehead atoms. The van der Waals surface area contributed by atoms with Crippen LogP contribution in [0.5, 0.6) is 0 Å². The van der Waals surface area contributed by atoms with Crippen LogP contribution in [-0.4, -0.2) is 50.1 Å². The minimum absolute atomic E-state index is 0.0569. The summed E-state index contributed by atoms with van der Waals surface area (Å²) in [5.74, 6) is 0.0569. The molecule has 1 aliphatic heterocycles. The number of piperazine rings is 1. The smallest absolute Gasteiger partial charge is 0.236 e. The molecule has 1 saturated heterocycles. The lowest BCUT2D eigenvalue weighted by molar-refractivity contribution is -0.130. The van der Waals surface area contributed by atoms with E-state index in [1.165, 1.54) is 0 Å². The Hall–Kier alpha value is -0.650. The highest BCUT2D eigenvalue weighted by atomic mass is 16.2. The second-order valence-corrected chi connectivity index (χ2v) is 2.74. The fraction of sp³-hybridized carbons (Fsp3) is 0.875. The minimum Gasteiger partial charge on any atom is -0.339 e. The van der Waals surface area contributed by atoms with Gasteiger partial charge in [0.2, 0.25) is 5.91 Å². The zero-order valence-electron chi connectivity index (χ0n) is 8.25. The highest BCUT2D eigenvalue weighted by molar-refractivity contribution is 5.78. The van der Waals surface area contributed by atoms with Crippen molar-refractivity contribution in [3.05, 3.63) is 0 Å². The molecule has 0 unspecified atom stereocenters. The third-order valence-corrected chi connectivity index (χ3v) is 1.64. The average Bonchev–Trinajstić information content (AvgIpc) is 2.19. The van der Waals surface area contributed by atoms with E-state index in [1.807, 2.05) is 6.92 Å². The SMILES string of the molecule is CCN.NCC(=O)N1CCNCC1. The Morgan fingerprint density at radius 3 is 2.23 bits per heavy atom. The van der Waals surface area contributed by atoms with Gasteiger partial charge in [-0.1, -0.05) is 6.92 Å². The number of nitrogens with one attached hydrogen (secondary N) is 1. The minimum atomic E-state index is 0.0569. The van der Waals surface area contributed by atoms with Gasteiger partial charge in [0.05, 0.1) is 6.54 Å². The summed E-state index contributed by atoms with van der Waals surface area (Å²) in [6.45, 7) is 6.18. The van der Waals surface area contributed by atoms with E-state index < -0.39 is 0 Å². The molecular formula is C8H20N4O. The third kappa shape index (κ3) is 5.57. The molecule has 13 heavy (non-hydrogen) atoms. The molecule has 0 aromatic carbocycles. The van der Waals surface area contributed by atoms with Crippen molar-refractivity contribution in [2.75, 3.05) is 39.3 Å². The van der Waals surface area contributed by atoms with Crippen LogP contribution in [-0.2, 0) is 4.79 Å². The molecule has 5 N–H and O–H groups in total. The molecule has 0 atom stereocenters. The van der Waals surface area contributed by atoms with E-state index in [9.17, 15) is 4.79 Å². The first-order valence-electron chi connectivity index (χ1n) is 4.64. The van der Waals surface area contributed by atoms with Crippen molar-refractivity contribution in [1.82, 2.24) is 10.2 Å². The molecular weight excluding hydrogens is 168 g/mol. The fourth-order valence-electron chi connectivity index (χ4n) is 1.04. The Labute approximate surface area is 79.4 Å². The summed E-state index contributed by atoms with van der Waals surface area (Å²) in [5, 5.41) is 3.16. The summed E-state index contributed by atoms with van der Waals surface area (Å²) < 4.78 is 0. The first kappa shape index (κ1) is 12.3. The van der Waals surface area contributed by atoms with Crippen molar-refractivity contribution in [3.8, 4) is 0 Å². The van der Waals surface area contributed by atoms with Crippen LogP contribution in [0.3, 0.4) is 0 Å². The molecule has 0 spiro atoms. The van der Waals surface area contributed by atoms with Crippen molar-refractivity contribution in [1.29, 1.82) is 0 Å². The van der Waals surface area contributed by atoms with Crippen LogP contribution >= 0.6 is 0 Å². The monoisotopic (exact) mass is 188 g/mol. The predicted octanol–water partition coefficient (Wildman–Crippen LogP) is -1.66.